The van der Waals surface area contributed by atoms with Crippen molar-refractivity contribution in [3.63, 3.8) is 0 Å². The van der Waals surface area contributed by atoms with Gasteiger partial charge in [0.2, 0.25) is 5.75 Å². The lowest BCUT2D eigenvalue weighted by Crippen LogP contribution is -2.14. The van der Waals surface area contributed by atoms with Gasteiger partial charge >= 0.3 is 0 Å². The number of nitrogens with zero attached hydrogens (tertiary/aromatic N) is 2. The average Bonchev–Trinajstić information content (AvgIpc) is 3.10. The lowest BCUT2D eigenvalue weighted by Gasteiger charge is -2.20. The fourth-order valence-electron chi connectivity index (χ4n) is 4.06. The first-order valence-corrected chi connectivity index (χ1v) is 9.25. The quantitative estimate of drug-likeness (QED) is 0.391. The number of methoxy groups -OCH3 is 1. The van der Waals surface area contributed by atoms with Gasteiger partial charge in [-0.15, -0.1) is 0 Å². The number of hydrogen-bond acceptors (Lipinski definition) is 6. The van der Waals surface area contributed by atoms with Crippen LogP contribution in [0.1, 0.15) is 27.5 Å². The van der Waals surface area contributed by atoms with E-state index in [9.17, 15) is 15.0 Å². The maximum Gasteiger partial charge on any atom is 0.251 e. The maximum absolute atomic E-state index is 12.2. The number of aromatic hydroxyl groups is 2. The van der Waals surface area contributed by atoms with Crippen molar-refractivity contribution in [2.45, 2.75) is 6.04 Å². The van der Waals surface area contributed by atoms with E-state index in [2.05, 4.69) is 10.4 Å². The topological polar surface area (TPSA) is 122 Å². The molecule has 0 spiro atoms. The lowest BCUT2D eigenvalue weighted by molar-refractivity contribution is 0.100. The molecule has 0 radical (unpaired) electrons. The second kappa shape index (κ2) is 6.41. The van der Waals surface area contributed by atoms with Crippen LogP contribution in [0, 0.1) is 0 Å². The monoisotopic (exact) mass is 402 g/mol. The van der Waals surface area contributed by atoms with Gasteiger partial charge in [0.05, 0.1) is 30.4 Å². The Labute approximate surface area is 171 Å². The predicted octanol–water partition coefficient (Wildman–Crippen LogP) is 3.03. The molecular weight excluding hydrogens is 384 g/mol. The van der Waals surface area contributed by atoms with Crippen LogP contribution in [0.4, 0.5) is 5.69 Å². The van der Waals surface area contributed by atoms with E-state index < -0.39 is 11.9 Å². The maximum atomic E-state index is 12.2. The molecule has 150 valence electrons. The van der Waals surface area contributed by atoms with Crippen LogP contribution in [0.25, 0.3) is 16.6 Å². The number of phenols is 2. The normalized spacial score (nSPS) is 14.6. The van der Waals surface area contributed by atoms with Gasteiger partial charge in [0, 0.05) is 28.6 Å². The molecule has 1 aliphatic rings. The molecule has 0 saturated carbocycles. The van der Waals surface area contributed by atoms with E-state index in [1.54, 1.807) is 16.8 Å². The minimum absolute atomic E-state index is 0.157. The fraction of sp³-hybridized carbons (Fsp3) is 0.0909. The van der Waals surface area contributed by atoms with Crippen LogP contribution < -0.4 is 15.8 Å². The molecule has 5 rings (SSSR count). The number of nitrogens with one attached hydrogen (secondary N) is 1. The number of benzene rings is 2. The number of para-hydroxylation sites is 1. The molecule has 5 N–H and O–H groups in total. The van der Waals surface area contributed by atoms with E-state index in [-0.39, 0.29) is 17.2 Å². The third kappa shape index (κ3) is 2.47. The summed E-state index contributed by atoms with van der Waals surface area (Å²) in [7, 11) is 1.42. The van der Waals surface area contributed by atoms with Gasteiger partial charge in [-0.25, -0.2) is 4.52 Å². The molecule has 0 bridgehead atoms. The Bertz CT molecular complexity index is 1330. The first kappa shape index (κ1) is 17.9. The molecule has 0 aliphatic carbocycles. The first-order chi connectivity index (χ1) is 14.5. The summed E-state index contributed by atoms with van der Waals surface area (Å²) in [5.41, 5.74) is 10.5. The summed E-state index contributed by atoms with van der Waals surface area (Å²) in [5, 5.41) is 28.1. The molecule has 4 aromatic rings. The van der Waals surface area contributed by atoms with Crippen molar-refractivity contribution in [3.8, 4) is 28.4 Å². The molecule has 1 amide bonds. The molecule has 0 saturated heterocycles. The smallest absolute Gasteiger partial charge is 0.251 e. The zero-order valence-electron chi connectivity index (χ0n) is 16.0. The van der Waals surface area contributed by atoms with Crippen molar-refractivity contribution in [2.24, 2.45) is 5.73 Å². The predicted molar refractivity (Wildman–Crippen MR) is 111 cm³/mol. The van der Waals surface area contributed by atoms with Crippen LogP contribution >= 0.6 is 0 Å². The Morgan fingerprint density at radius 1 is 1.23 bits per heavy atom. The van der Waals surface area contributed by atoms with Crippen LogP contribution in [-0.2, 0) is 0 Å². The van der Waals surface area contributed by atoms with E-state index in [4.69, 9.17) is 10.5 Å². The highest BCUT2D eigenvalue weighted by Gasteiger charge is 2.29. The summed E-state index contributed by atoms with van der Waals surface area (Å²) in [6.45, 7) is 0. The van der Waals surface area contributed by atoms with Gasteiger partial charge < -0.3 is 26.0 Å². The van der Waals surface area contributed by atoms with Gasteiger partial charge in [-0.3, -0.25) is 4.79 Å². The summed E-state index contributed by atoms with van der Waals surface area (Å²) < 4.78 is 6.92. The minimum atomic E-state index is -0.565. The van der Waals surface area contributed by atoms with Crippen molar-refractivity contribution in [1.82, 2.24) is 9.61 Å². The van der Waals surface area contributed by atoms with Crippen LogP contribution in [-0.4, -0.2) is 32.8 Å². The number of fused-ring (bicyclic) bond motifs is 2. The Kier molecular flexibility index (Phi) is 3.82. The third-order valence-corrected chi connectivity index (χ3v) is 5.42. The molecular formula is C22H18N4O4. The average molecular weight is 402 g/mol. The van der Waals surface area contributed by atoms with Gasteiger partial charge in [0.1, 0.15) is 0 Å². The molecule has 1 aliphatic heterocycles. The molecule has 0 fully saturated rings. The van der Waals surface area contributed by atoms with E-state index in [0.717, 1.165) is 22.3 Å². The molecule has 8 heteroatoms. The van der Waals surface area contributed by atoms with Crippen LogP contribution in [0.15, 0.2) is 54.9 Å². The number of primary amides is 1. The van der Waals surface area contributed by atoms with Gasteiger partial charge in [-0.2, -0.15) is 5.10 Å². The van der Waals surface area contributed by atoms with Crippen LogP contribution in [0.3, 0.4) is 0 Å². The number of carbonyl (C=O) groups excluding carboxylic acids is 1. The SMILES string of the molecule is COc1cc(C2Nc3ccccc3-c3c(C(N)=O)cnn4ccc2c34)cc(O)c1O. The molecule has 30 heavy (non-hydrogen) atoms. The number of carbonyl (C=O) groups is 1. The number of ether oxygens (including phenoxy) is 1. The summed E-state index contributed by atoms with van der Waals surface area (Å²) >= 11 is 0. The van der Waals surface area contributed by atoms with Gasteiger partial charge in [0.25, 0.3) is 5.91 Å². The van der Waals surface area contributed by atoms with Crippen molar-refractivity contribution >= 4 is 17.1 Å². The zero-order chi connectivity index (χ0) is 21.0. The molecule has 8 nitrogen and oxygen atoms in total. The third-order valence-electron chi connectivity index (χ3n) is 5.42. The summed E-state index contributed by atoms with van der Waals surface area (Å²) in [6, 6.07) is 12.2. The van der Waals surface area contributed by atoms with Crippen molar-refractivity contribution in [3.05, 3.63) is 71.5 Å². The number of rotatable bonds is 3. The zero-order valence-corrected chi connectivity index (χ0v) is 16.0. The summed E-state index contributed by atoms with van der Waals surface area (Å²) in [4.78, 5) is 12.2. The van der Waals surface area contributed by atoms with E-state index in [1.807, 2.05) is 30.3 Å². The van der Waals surface area contributed by atoms with E-state index in [0.29, 0.717) is 16.7 Å². The molecule has 1 atom stereocenters. The Morgan fingerprint density at radius 2 is 2.03 bits per heavy atom. The molecule has 3 heterocycles. The van der Waals surface area contributed by atoms with Gasteiger partial charge in [-0.05, 0) is 29.8 Å². The Hall–Kier alpha value is -4.20. The van der Waals surface area contributed by atoms with E-state index in [1.165, 1.54) is 19.4 Å². The fourth-order valence-corrected chi connectivity index (χ4v) is 4.06. The minimum Gasteiger partial charge on any atom is -0.504 e. The number of nitrogens with two attached hydrogens (primary N) is 1. The molecule has 1 unspecified atom stereocenters. The number of phenolic OH excluding ortho intramolecular Hbond substituents is 2. The summed E-state index contributed by atoms with van der Waals surface area (Å²) in [5.74, 6) is -1.02. The number of aromatic nitrogens is 2. The Morgan fingerprint density at radius 3 is 2.80 bits per heavy atom. The highest BCUT2D eigenvalue weighted by Crippen LogP contribution is 2.46. The molecule has 2 aromatic carbocycles. The van der Waals surface area contributed by atoms with Crippen LogP contribution in [0.2, 0.25) is 0 Å². The van der Waals surface area contributed by atoms with Crippen LogP contribution in [0.5, 0.6) is 17.2 Å². The number of hydrogen-bond donors (Lipinski definition) is 4. The van der Waals surface area contributed by atoms with Gasteiger partial charge in [-0.1, -0.05) is 18.2 Å². The van der Waals surface area contributed by atoms with Crippen molar-refractivity contribution in [2.75, 3.05) is 12.4 Å². The Balaban J connectivity index is 1.86. The standard InChI is InChI=1S/C22H18N4O4/c1-30-17-9-11(8-16(27)21(17)28)19-13-6-7-26-20(13)18(14(10-24-26)22(23)29)12-4-2-3-5-15(12)25-19/h2-10,19,25,27-28H,1H3,(H2,23,29). The van der Waals surface area contributed by atoms with Gasteiger partial charge in [0.15, 0.2) is 11.5 Å². The second-order valence-corrected chi connectivity index (χ2v) is 7.08. The van der Waals surface area contributed by atoms with Crippen molar-refractivity contribution in [1.29, 1.82) is 0 Å². The lowest BCUT2D eigenvalue weighted by atomic mass is 9.96. The number of anilines is 1. The second-order valence-electron chi connectivity index (χ2n) is 7.08. The van der Waals surface area contributed by atoms with Crippen molar-refractivity contribution < 1.29 is 19.7 Å². The summed E-state index contributed by atoms with van der Waals surface area (Å²) in [6.07, 6.45) is 3.28. The highest BCUT2D eigenvalue weighted by molar-refractivity contribution is 6.07. The number of amides is 1. The molecule has 2 aromatic heterocycles. The largest absolute Gasteiger partial charge is 0.504 e. The van der Waals surface area contributed by atoms with E-state index >= 15 is 0 Å². The highest BCUT2D eigenvalue weighted by atomic mass is 16.5. The first-order valence-electron chi connectivity index (χ1n) is 9.25.